The van der Waals surface area contributed by atoms with E-state index in [0.717, 1.165) is 18.8 Å². The number of carbonyl (C=O) groups excluding carboxylic acids is 1. The van der Waals surface area contributed by atoms with E-state index in [1.165, 1.54) is 19.3 Å². The van der Waals surface area contributed by atoms with Crippen LogP contribution in [0, 0.1) is 11.8 Å². The molecule has 0 rings (SSSR count). The molecule has 0 bridgehead atoms. The highest BCUT2D eigenvalue weighted by molar-refractivity contribution is 5.68. The summed E-state index contributed by atoms with van der Waals surface area (Å²) in [6, 6.07) is 0. The van der Waals surface area contributed by atoms with Gasteiger partial charge in [-0.2, -0.15) is 4.89 Å². The lowest BCUT2D eigenvalue weighted by Crippen LogP contribution is -2.09. The summed E-state index contributed by atoms with van der Waals surface area (Å²) in [5, 5.41) is 0. The average molecular weight is 244 g/mol. The highest BCUT2D eigenvalue weighted by Crippen LogP contribution is 2.09. The van der Waals surface area contributed by atoms with Crippen molar-refractivity contribution >= 4 is 5.97 Å². The Balaban J connectivity index is 3.16. The standard InChI is InChI=1S/C14H28O3/c1-12(2)9-7-5-6-8-10-16-17-14(15)11-13(3)4/h12-13H,5-11H2,1-4H3. The number of hydrogen-bond acceptors (Lipinski definition) is 3. The van der Waals surface area contributed by atoms with Crippen LogP contribution in [0.25, 0.3) is 0 Å². The summed E-state index contributed by atoms with van der Waals surface area (Å²) < 4.78 is 0. The zero-order chi connectivity index (χ0) is 13.1. The Kier molecular flexibility index (Phi) is 10.2. The molecule has 0 N–H and O–H groups in total. The highest BCUT2D eigenvalue weighted by Gasteiger charge is 2.06. The van der Waals surface area contributed by atoms with Gasteiger partial charge in [0, 0.05) is 0 Å². The molecule has 0 aliphatic heterocycles. The molecule has 3 nitrogen and oxygen atoms in total. The van der Waals surface area contributed by atoms with Crippen molar-refractivity contribution < 1.29 is 14.6 Å². The van der Waals surface area contributed by atoms with Crippen molar-refractivity contribution in [1.29, 1.82) is 0 Å². The maximum Gasteiger partial charge on any atom is 0.342 e. The molecule has 0 aromatic heterocycles. The van der Waals surface area contributed by atoms with Crippen LogP contribution < -0.4 is 0 Å². The van der Waals surface area contributed by atoms with E-state index >= 15 is 0 Å². The predicted molar refractivity (Wildman–Crippen MR) is 69.4 cm³/mol. The second kappa shape index (κ2) is 10.6. The molecule has 0 fully saturated rings. The number of rotatable bonds is 10. The molecule has 0 heterocycles. The summed E-state index contributed by atoms with van der Waals surface area (Å²) in [4.78, 5) is 20.6. The van der Waals surface area contributed by atoms with Crippen LogP contribution in [0.5, 0.6) is 0 Å². The quantitative estimate of drug-likeness (QED) is 0.329. The van der Waals surface area contributed by atoms with Gasteiger partial charge in [-0.05, 0) is 18.3 Å². The molecule has 0 saturated carbocycles. The molecule has 0 aromatic carbocycles. The normalized spacial score (nSPS) is 11.2. The van der Waals surface area contributed by atoms with Gasteiger partial charge in [0.25, 0.3) is 0 Å². The van der Waals surface area contributed by atoms with Crippen LogP contribution in [0.15, 0.2) is 0 Å². The van der Waals surface area contributed by atoms with E-state index in [1.807, 2.05) is 13.8 Å². The number of carbonyl (C=O) groups is 1. The summed E-state index contributed by atoms with van der Waals surface area (Å²) in [6.07, 6.45) is 6.35. The molecule has 0 amide bonds. The molecule has 0 aliphatic rings. The second-order valence-electron chi connectivity index (χ2n) is 5.47. The Morgan fingerprint density at radius 1 is 0.941 bits per heavy atom. The number of hydrogen-bond donors (Lipinski definition) is 0. The molecular formula is C14H28O3. The average Bonchev–Trinajstić information content (AvgIpc) is 2.20. The van der Waals surface area contributed by atoms with Gasteiger partial charge in [0.15, 0.2) is 0 Å². The van der Waals surface area contributed by atoms with Gasteiger partial charge in [-0.25, -0.2) is 4.79 Å². The van der Waals surface area contributed by atoms with E-state index in [0.29, 0.717) is 18.9 Å². The third kappa shape index (κ3) is 13.4. The van der Waals surface area contributed by atoms with E-state index < -0.39 is 0 Å². The highest BCUT2D eigenvalue weighted by atomic mass is 17.2. The lowest BCUT2D eigenvalue weighted by atomic mass is 10.0. The molecule has 3 heteroatoms. The molecule has 0 saturated heterocycles. The third-order valence-electron chi connectivity index (χ3n) is 2.49. The summed E-state index contributed by atoms with van der Waals surface area (Å²) >= 11 is 0. The van der Waals surface area contributed by atoms with Crippen molar-refractivity contribution in [3.63, 3.8) is 0 Å². The fraction of sp³-hybridized carbons (Fsp3) is 0.929. The van der Waals surface area contributed by atoms with Crippen LogP contribution in [0.1, 0.15) is 66.2 Å². The van der Waals surface area contributed by atoms with E-state index in [4.69, 9.17) is 4.89 Å². The molecule has 102 valence electrons. The lowest BCUT2D eigenvalue weighted by Gasteiger charge is -2.06. The van der Waals surface area contributed by atoms with E-state index in [1.54, 1.807) is 0 Å². The molecule has 0 spiro atoms. The van der Waals surface area contributed by atoms with Crippen molar-refractivity contribution in [3.8, 4) is 0 Å². The summed E-state index contributed by atoms with van der Waals surface area (Å²) in [6.45, 7) is 8.98. The second-order valence-corrected chi connectivity index (χ2v) is 5.47. The smallest absolute Gasteiger partial charge is 0.298 e. The van der Waals surface area contributed by atoms with Crippen molar-refractivity contribution in [2.75, 3.05) is 6.61 Å². The van der Waals surface area contributed by atoms with Crippen LogP contribution in [0.4, 0.5) is 0 Å². The maximum atomic E-state index is 11.1. The van der Waals surface area contributed by atoms with Gasteiger partial charge < -0.3 is 0 Å². The molecule has 0 radical (unpaired) electrons. The SMILES string of the molecule is CC(C)CCCCCCOOC(=O)CC(C)C. The van der Waals surface area contributed by atoms with Crippen LogP contribution in [-0.4, -0.2) is 12.6 Å². The van der Waals surface area contributed by atoms with Crippen LogP contribution >= 0.6 is 0 Å². The first-order valence-electron chi connectivity index (χ1n) is 6.84. The minimum absolute atomic E-state index is 0.264. The molecular weight excluding hydrogens is 216 g/mol. The Labute approximate surface area is 106 Å². The first-order chi connectivity index (χ1) is 8.02. The Morgan fingerprint density at radius 3 is 2.18 bits per heavy atom. The first kappa shape index (κ1) is 16.4. The van der Waals surface area contributed by atoms with Gasteiger partial charge in [0.2, 0.25) is 0 Å². The fourth-order valence-electron chi connectivity index (χ4n) is 1.54. The zero-order valence-electron chi connectivity index (χ0n) is 11.8. The molecule has 0 aliphatic carbocycles. The van der Waals surface area contributed by atoms with Crippen molar-refractivity contribution in [2.45, 2.75) is 66.2 Å². The number of unbranched alkanes of at least 4 members (excludes halogenated alkanes) is 3. The largest absolute Gasteiger partial charge is 0.342 e. The zero-order valence-corrected chi connectivity index (χ0v) is 11.8. The van der Waals surface area contributed by atoms with E-state index in [2.05, 4.69) is 18.7 Å². The van der Waals surface area contributed by atoms with Crippen molar-refractivity contribution in [2.24, 2.45) is 11.8 Å². The summed E-state index contributed by atoms with van der Waals surface area (Å²) in [5.41, 5.74) is 0. The summed E-state index contributed by atoms with van der Waals surface area (Å²) in [7, 11) is 0. The molecule has 0 aromatic rings. The topological polar surface area (TPSA) is 35.5 Å². The van der Waals surface area contributed by atoms with Gasteiger partial charge >= 0.3 is 5.97 Å². The van der Waals surface area contributed by atoms with Gasteiger partial charge in [-0.1, -0.05) is 53.4 Å². The van der Waals surface area contributed by atoms with Gasteiger partial charge in [0.1, 0.15) is 0 Å². The van der Waals surface area contributed by atoms with Gasteiger partial charge in [-0.3, -0.25) is 4.89 Å². The monoisotopic (exact) mass is 244 g/mol. The van der Waals surface area contributed by atoms with Crippen molar-refractivity contribution in [3.05, 3.63) is 0 Å². The van der Waals surface area contributed by atoms with E-state index in [-0.39, 0.29) is 5.97 Å². The lowest BCUT2D eigenvalue weighted by molar-refractivity contribution is -0.273. The van der Waals surface area contributed by atoms with Gasteiger partial charge in [-0.15, -0.1) is 0 Å². The molecule has 0 unspecified atom stereocenters. The van der Waals surface area contributed by atoms with Crippen LogP contribution in [0.3, 0.4) is 0 Å². The van der Waals surface area contributed by atoms with Crippen LogP contribution in [0.2, 0.25) is 0 Å². The van der Waals surface area contributed by atoms with E-state index in [9.17, 15) is 4.79 Å². The van der Waals surface area contributed by atoms with Gasteiger partial charge in [0.05, 0.1) is 13.0 Å². The fourth-order valence-corrected chi connectivity index (χ4v) is 1.54. The Hall–Kier alpha value is -0.570. The first-order valence-corrected chi connectivity index (χ1v) is 6.84. The maximum absolute atomic E-state index is 11.1. The molecule has 17 heavy (non-hydrogen) atoms. The Morgan fingerprint density at radius 2 is 1.59 bits per heavy atom. The minimum atomic E-state index is -0.264. The molecule has 0 atom stereocenters. The van der Waals surface area contributed by atoms with Crippen molar-refractivity contribution in [1.82, 2.24) is 0 Å². The predicted octanol–water partition coefficient (Wildman–Crippen LogP) is 4.11. The Bertz CT molecular complexity index is 188. The summed E-state index contributed by atoms with van der Waals surface area (Å²) in [5.74, 6) is 0.852. The third-order valence-corrected chi connectivity index (χ3v) is 2.49. The van der Waals surface area contributed by atoms with Crippen LogP contribution in [-0.2, 0) is 14.6 Å². The minimum Gasteiger partial charge on any atom is -0.298 e.